The number of nitrogens with zero attached hydrogens (tertiary/aromatic N) is 2. The molecule has 1 unspecified atom stereocenters. The fourth-order valence-electron chi connectivity index (χ4n) is 5.10. The van der Waals surface area contributed by atoms with Gasteiger partial charge in [-0.2, -0.15) is 0 Å². The molecular formula is C22H18FN3O3. The van der Waals surface area contributed by atoms with Crippen LogP contribution in [0.2, 0.25) is 0 Å². The average molecular weight is 391 g/mol. The first-order valence-electron chi connectivity index (χ1n) is 9.75. The molecule has 1 atom stereocenters. The van der Waals surface area contributed by atoms with Crippen LogP contribution in [0.5, 0.6) is 0 Å². The van der Waals surface area contributed by atoms with Gasteiger partial charge < -0.3 is 15.0 Å². The molecular weight excluding hydrogens is 373 g/mol. The summed E-state index contributed by atoms with van der Waals surface area (Å²) in [5.41, 5.74) is 13.0. The second kappa shape index (κ2) is 5.51. The van der Waals surface area contributed by atoms with Crippen LogP contribution >= 0.6 is 0 Å². The SMILES string of the molecule is Cc1c(F)cc2nc3c(c4c2c1CCC4N)Cn1c-3cc2c(c1=O)COC(=O)C2. The Morgan fingerprint density at radius 2 is 2.07 bits per heavy atom. The number of hydrogen-bond donors (Lipinski definition) is 1. The lowest BCUT2D eigenvalue weighted by Crippen LogP contribution is -2.30. The number of carbonyl (C=O) groups is 1. The zero-order valence-corrected chi connectivity index (χ0v) is 15.8. The number of fused-ring (bicyclic) bond motifs is 5. The maximum Gasteiger partial charge on any atom is 0.310 e. The Bertz CT molecular complexity index is 1340. The van der Waals surface area contributed by atoms with E-state index >= 15 is 0 Å². The van der Waals surface area contributed by atoms with Crippen molar-refractivity contribution in [3.63, 3.8) is 0 Å². The molecule has 7 heteroatoms. The summed E-state index contributed by atoms with van der Waals surface area (Å²) >= 11 is 0. The smallest absolute Gasteiger partial charge is 0.310 e. The number of carbonyl (C=O) groups excluding carboxylic acids is 1. The number of esters is 1. The first-order valence-corrected chi connectivity index (χ1v) is 9.75. The van der Waals surface area contributed by atoms with E-state index in [-0.39, 0.29) is 36.4 Å². The van der Waals surface area contributed by atoms with Gasteiger partial charge in [-0.25, -0.2) is 9.37 Å². The van der Waals surface area contributed by atoms with E-state index in [2.05, 4.69) is 0 Å². The van der Waals surface area contributed by atoms with Crippen molar-refractivity contribution in [3.8, 4) is 11.4 Å². The van der Waals surface area contributed by atoms with Crippen LogP contribution in [0.3, 0.4) is 0 Å². The molecule has 3 aliphatic rings. The van der Waals surface area contributed by atoms with Crippen molar-refractivity contribution in [2.75, 3.05) is 0 Å². The van der Waals surface area contributed by atoms with E-state index in [1.807, 2.05) is 6.07 Å². The Morgan fingerprint density at radius 1 is 1.24 bits per heavy atom. The normalized spacial score (nSPS) is 19.0. The first kappa shape index (κ1) is 16.9. The number of ether oxygens (including phenoxy) is 1. The molecule has 1 aliphatic carbocycles. The molecule has 146 valence electrons. The van der Waals surface area contributed by atoms with E-state index in [4.69, 9.17) is 15.5 Å². The number of rotatable bonds is 0. The van der Waals surface area contributed by atoms with Gasteiger partial charge in [0.25, 0.3) is 5.56 Å². The van der Waals surface area contributed by atoms with Crippen molar-refractivity contribution >= 4 is 16.9 Å². The third kappa shape index (κ3) is 2.11. The number of nitrogens with two attached hydrogens (primary N) is 1. The number of aryl methyl sites for hydroxylation is 1. The maximum atomic E-state index is 14.6. The molecule has 0 fully saturated rings. The molecule has 29 heavy (non-hydrogen) atoms. The minimum Gasteiger partial charge on any atom is -0.460 e. The van der Waals surface area contributed by atoms with Crippen LogP contribution in [-0.4, -0.2) is 15.5 Å². The van der Waals surface area contributed by atoms with Gasteiger partial charge in [0.05, 0.1) is 35.4 Å². The molecule has 0 saturated heterocycles. The van der Waals surface area contributed by atoms with Crippen LogP contribution in [0.25, 0.3) is 22.3 Å². The molecule has 6 nitrogen and oxygen atoms in total. The lowest BCUT2D eigenvalue weighted by molar-refractivity contribution is -0.145. The van der Waals surface area contributed by atoms with E-state index < -0.39 is 0 Å². The fraction of sp³-hybridized carbons (Fsp3) is 0.318. The molecule has 4 heterocycles. The van der Waals surface area contributed by atoms with Gasteiger partial charge >= 0.3 is 5.97 Å². The Kier molecular flexibility index (Phi) is 3.20. The van der Waals surface area contributed by atoms with Crippen LogP contribution < -0.4 is 11.3 Å². The zero-order chi connectivity index (χ0) is 20.0. The van der Waals surface area contributed by atoms with Crippen molar-refractivity contribution in [2.24, 2.45) is 5.73 Å². The van der Waals surface area contributed by atoms with Crippen molar-refractivity contribution in [3.05, 3.63) is 61.7 Å². The number of aromatic nitrogens is 2. The van der Waals surface area contributed by atoms with Crippen LogP contribution in [0.1, 0.15) is 45.8 Å². The summed E-state index contributed by atoms with van der Waals surface area (Å²) in [7, 11) is 0. The molecule has 2 aromatic heterocycles. The van der Waals surface area contributed by atoms with Crippen molar-refractivity contribution in [2.45, 2.75) is 45.4 Å². The minimum absolute atomic E-state index is 0.0000451. The van der Waals surface area contributed by atoms with Gasteiger partial charge in [0.1, 0.15) is 12.4 Å². The maximum absolute atomic E-state index is 14.6. The molecule has 2 N–H and O–H groups in total. The molecule has 6 rings (SSSR count). The zero-order valence-electron chi connectivity index (χ0n) is 15.8. The van der Waals surface area contributed by atoms with Gasteiger partial charge in [-0.05, 0) is 48.1 Å². The molecule has 0 amide bonds. The van der Waals surface area contributed by atoms with Crippen molar-refractivity contribution in [1.82, 2.24) is 9.55 Å². The van der Waals surface area contributed by atoms with Gasteiger partial charge in [0, 0.05) is 23.1 Å². The van der Waals surface area contributed by atoms with Gasteiger partial charge in [-0.1, -0.05) is 0 Å². The third-order valence-corrected chi connectivity index (χ3v) is 6.58. The Hall–Kier alpha value is -3.06. The monoisotopic (exact) mass is 391 g/mol. The molecule has 3 aromatic rings. The Morgan fingerprint density at radius 3 is 2.90 bits per heavy atom. The van der Waals surface area contributed by atoms with E-state index in [1.165, 1.54) is 6.07 Å². The molecule has 0 radical (unpaired) electrons. The number of hydrogen-bond acceptors (Lipinski definition) is 5. The largest absolute Gasteiger partial charge is 0.460 e. The summed E-state index contributed by atoms with van der Waals surface area (Å²) in [5, 5.41) is 0.936. The van der Waals surface area contributed by atoms with Crippen LogP contribution in [-0.2, 0) is 35.5 Å². The minimum atomic E-state index is -0.342. The Balaban J connectivity index is 1.70. The summed E-state index contributed by atoms with van der Waals surface area (Å²) in [4.78, 5) is 29.6. The highest BCUT2D eigenvalue weighted by Gasteiger charge is 2.34. The third-order valence-electron chi connectivity index (χ3n) is 6.58. The van der Waals surface area contributed by atoms with Crippen LogP contribution in [0.4, 0.5) is 4.39 Å². The second-order valence-corrected chi connectivity index (χ2v) is 8.12. The molecule has 1 aromatic carbocycles. The van der Waals surface area contributed by atoms with E-state index in [9.17, 15) is 14.0 Å². The van der Waals surface area contributed by atoms with Gasteiger partial charge in [-0.15, -0.1) is 0 Å². The summed E-state index contributed by atoms with van der Waals surface area (Å²) < 4.78 is 21.3. The lowest BCUT2D eigenvalue weighted by Gasteiger charge is -2.26. The molecule has 2 aliphatic heterocycles. The number of halogens is 1. The van der Waals surface area contributed by atoms with Gasteiger partial charge in [0.15, 0.2) is 0 Å². The van der Waals surface area contributed by atoms with Gasteiger partial charge in [0.2, 0.25) is 0 Å². The molecule has 0 bridgehead atoms. The standard InChI is InChI=1S/C22H18FN3O3/c1-9-11-2-3-15(24)19-12-7-26-17(21(12)25-16(20(11)19)6-14(9)23)4-10-5-18(27)29-8-13(10)22(26)28/h4,6,15H,2-3,5,7-8,24H2,1H3. The summed E-state index contributed by atoms with van der Waals surface area (Å²) in [5.74, 6) is -0.615. The van der Waals surface area contributed by atoms with Crippen LogP contribution in [0.15, 0.2) is 16.9 Å². The number of cyclic esters (lactones) is 1. The highest BCUT2D eigenvalue weighted by Crippen LogP contribution is 2.44. The second-order valence-electron chi connectivity index (χ2n) is 8.12. The van der Waals surface area contributed by atoms with E-state index in [1.54, 1.807) is 11.5 Å². The van der Waals surface area contributed by atoms with Gasteiger partial charge in [-0.3, -0.25) is 9.59 Å². The van der Waals surface area contributed by atoms with Crippen molar-refractivity contribution in [1.29, 1.82) is 0 Å². The number of benzene rings is 1. The summed E-state index contributed by atoms with van der Waals surface area (Å²) in [6, 6.07) is 3.14. The van der Waals surface area contributed by atoms with E-state index in [0.29, 0.717) is 40.1 Å². The molecule has 0 saturated carbocycles. The predicted molar refractivity (Wildman–Crippen MR) is 104 cm³/mol. The fourth-order valence-corrected chi connectivity index (χ4v) is 5.10. The lowest BCUT2D eigenvalue weighted by atomic mass is 9.82. The first-order chi connectivity index (χ1) is 13.9. The highest BCUT2D eigenvalue weighted by molar-refractivity contribution is 5.93. The quantitative estimate of drug-likeness (QED) is 0.465. The van der Waals surface area contributed by atoms with Crippen LogP contribution in [0, 0.1) is 12.7 Å². The summed E-state index contributed by atoms with van der Waals surface area (Å²) in [6.45, 7) is 2.18. The average Bonchev–Trinajstić information content (AvgIpc) is 3.05. The topological polar surface area (TPSA) is 87.2 Å². The Labute approximate surface area is 165 Å². The molecule has 0 spiro atoms. The summed E-state index contributed by atoms with van der Waals surface area (Å²) in [6.07, 6.45) is 1.52. The predicted octanol–water partition coefficient (Wildman–Crippen LogP) is 2.42. The number of pyridine rings is 2. The highest BCUT2D eigenvalue weighted by atomic mass is 19.1. The van der Waals surface area contributed by atoms with E-state index in [0.717, 1.165) is 34.9 Å². The van der Waals surface area contributed by atoms with Crippen molar-refractivity contribution < 1.29 is 13.9 Å².